The van der Waals surface area contributed by atoms with Gasteiger partial charge in [-0.3, -0.25) is 14.7 Å². The van der Waals surface area contributed by atoms with Gasteiger partial charge in [0, 0.05) is 16.7 Å². The number of H-pyrrole nitrogens is 1. The lowest BCUT2D eigenvalue weighted by molar-refractivity contribution is 0.102. The van der Waals surface area contributed by atoms with Crippen LogP contribution in [0.5, 0.6) is 0 Å². The van der Waals surface area contributed by atoms with E-state index >= 15 is 0 Å². The van der Waals surface area contributed by atoms with Gasteiger partial charge in [0.2, 0.25) is 11.6 Å². The van der Waals surface area contributed by atoms with Gasteiger partial charge in [-0.25, -0.2) is 0 Å². The van der Waals surface area contributed by atoms with Gasteiger partial charge in [-0.2, -0.15) is 5.10 Å². The molecular formula is C26H22N2O2. The number of carbonyl (C=O) groups excluding carboxylic acids is 2. The van der Waals surface area contributed by atoms with Gasteiger partial charge < -0.3 is 0 Å². The Morgan fingerprint density at radius 3 is 1.80 bits per heavy atom. The topological polar surface area (TPSA) is 62.8 Å². The molecule has 4 nitrogen and oxygen atoms in total. The maximum Gasteiger partial charge on any atom is 0.213 e. The van der Waals surface area contributed by atoms with Crippen LogP contribution in [0.25, 0.3) is 11.1 Å². The molecule has 3 aromatic carbocycles. The second-order valence-electron chi connectivity index (χ2n) is 7.59. The number of benzene rings is 3. The Kier molecular flexibility index (Phi) is 5.15. The Bertz CT molecular complexity index is 1190. The molecule has 0 atom stereocenters. The second-order valence-corrected chi connectivity index (χ2v) is 7.59. The van der Waals surface area contributed by atoms with Crippen LogP contribution in [0.15, 0.2) is 72.8 Å². The summed E-state index contributed by atoms with van der Waals surface area (Å²) in [4.78, 5) is 26.6. The zero-order valence-corrected chi connectivity index (χ0v) is 17.2. The molecule has 148 valence electrons. The van der Waals surface area contributed by atoms with E-state index in [1.807, 2.05) is 81.4 Å². The molecule has 0 radical (unpaired) electrons. The third-order valence-corrected chi connectivity index (χ3v) is 5.08. The van der Waals surface area contributed by atoms with Crippen molar-refractivity contribution in [3.8, 4) is 11.1 Å². The molecule has 1 heterocycles. The van der Waals surface area contributed by atoms with Crippen molar-refractivity contribution in [2.24, 2.45) is 0 Å². The first kappa shape index (κ1) is 19.5. The van der Waals surface area contributed by atoms with Crippen molar-refractivity contribution in [1.82, 2.24) is 10.2 Å². The summed E-state index contributed by atoms with van der Waals surface area (Å²) in [5.74, 6) is -0.402. The summed E-state index contributed by atoms with van der Waals surface area (Å²) in [5, 5.41) is 7.16. The number of nitrogens with one attached hydrogen (secondary N) is 1. The van der Waals surface area contributed by atoms with Crippen molar-refractivity contribution in [2.75, 3.05) is 0 Å². The van der Waals surface area contributed by atoms with Crippen LogP contribution >= 0.6 is 0 Å². The summed E-state index contributed by atoms with van der Waals surface area (Å²) >= 11 is 0. The summed E-state index contributed by atoms with van der Waals surface area (Å²) < 4.78 is 0. The van der Waals surface area contributed by atoms with Gasteiger partial charge in [0.25, 0.3) is 0 Å². The highest BCUT2D eigenvalue weighted by atomic mass is 16.1. The van der Waals surface area contributed by atoms with Crippen LogP contribution < -0.4 is 0 Å². The van der Waals surface area contributed by atoms with Crippen LogP contribution in [0.1, 0.15) is 48.8 Å². The van der Waals surface area contributed by atoms with E-state index in [1.165, 1.54) is 0 Å². The lowest BCUT2D eigenvalue weighted by Crippen LogP contribution is -2.07. The number of hydrogen-bond donors (Lipinski definition) is 1. The Hall–Kier alpha value is -3.79. The molecule has 0 aliphatic rings. The van der Waals surface area contributed by atoms with Gasteiger partial charge >= 0.3 is 0 Å². The molecule has 1 N–H and O–H groups in total. The number of aryl methyl sites for hydroxylation is 3. The fourth-order valence-electron chi connectivity index (χ4n) is 3.61. The average Bonchev–Trinajstić information content (AvgIpc) is 3.17. The largest absolute Gasteiger partial charge is 0.287 e. The normalized spacial score (nSPS) is 10.8. The molecule has 0 unspecified atom stereocenters. The Morgan fingerprint density at radius 1 is 0.700 bits per heavy atom. The quantitative estimate of drug-likeness (QED) is 0.457. The van der Waals surface area contributed by atoms with Crippen LogP contribution in [0.3, 0.4) is 0 Å². The van der Waals surface area contributed by atoms with E-state index in [9.17, 15) is 9.59 Å². The van der Waals surface area contributed by atoms with Gasteiger partial charge in [-0.15, -0.1) is 0 Å². The lowest BCUT2D eigenvalue weighted by atomic mass is 9.93. The Balaban J connectivity index is 1.90. The molecule has 0 aliphatic carbocycles. The molecule has 4 rings (SSSR count). The van der Waals surface area contributed by atoms with E-state index < -0.39 is 0 Å². The first-order valence-electron chi connectivity index (χ1n) is 9.82. The molecule has 1 aromatic heterocycles. The number of aromatic nitrogens is 2. The third-order valence-electron chi connectivity index (χ3n) is 5.08. The molecule has 0 amide bonds. The van der Waals surface area contributed by atoms with E-state index in [-0.39, 0.29) is 17.3 Å². The maximum absolute atomic E-state index is 13.3. The van der Waals surface area contributed by atoms with E-state index in [4.69, 9.17) is 0 Å². The molecule has 0 fully saturated rings. The Labute approximate surface area is 175 Å². The molecule has 0 saturated heterocycles. The predicted octanol–water partition coefficient (Wildman–Crippen LogP) is 5.46. The van der Waals surface area contributed by atoms with Crippen molar-refractivity contribution in [3.63, 3.8) is 0 Å². The molecule has 0 spiro atoms. The summed E-state index contributed by atoms with van der Waals surface area (Å²) in [5.41, 5.74) is 6.03. The molecule has 0 aliphatic heterocycles. The molecule has 4 aromatic rings. The van der Waals surface area contributed by atoms with Gasteiger partial charge in [0.05, 0.1) is 0 Å². The predicted molar refractivity (Wildman–Crippen MR) is 118 cm³/mol. The average molecular weight is 394 g/mol. The molecule has 30 heavy (non-hydrogen) atoms. The monoisotopic (exact) mass is 394 g/mol. The summed E-state index contributed by atoms with van der Waals surface area (Å²) in [6.45, 7) is 5.86. The number of ketones is 2. The molecule has 0 bridgehead atoms. The minimum absolute atomic E-state index is 0.189. The van der Waals surface area contributed by atoms with Crippen molar-refractivity contribution in [1.29, 1.82) is 0 Å². The minimum Gasteiger partial charge on any atom is -0.287 e. The van der Waals surface area contributed by atoms with Crippen molar-refractivity contribution in [3.05, 3.63) is 112 Å². The summed E-state index contributed by atoms with van der Waals surface area (Å²) in [6, 6.07) is 22.6. The number of hydrogen-bond acceptors (Lipinski definition) is 3. The SMILES string of the molecule is Cc1cccc(C(=O)c2n[nH]c(C(=O)c3cccc(C)c3)c2-c2cccc(C)c2)c1. The zero-order chi connectivity index (χ0) is 21.3. The lowest BCUT2D eigenvalue weighted by Gasteiger charge is -2.08. The number of aromatic amines is 1. The van der Waals surface area contributed by atoms with Gasteiger partial charge in [-0.1, -0.05) is 77.4 Å². The summed E-state index contributed by atoms with van der Waals surface area (Å²) in [6.07, 6.45) is 0. The van der Waals surface area contributed by atoms with E-state index in [2.05, 4.69) is 10.2 Å². The van der Waals surface area contributed by atoms with Gasteiger partial charge in [0.1, 0.15) is 11.4 Å². The summed E-state index contributed by atoms with van der Waals surface area (Å²) in [7, 11) is 0. The first-order chi connectivity index (χ1) is 14.4. The van der Waals surface area contributed by atoms with Crippen LogP contribution in [0, 0.1) is 20.8 Å². The number of carbonyl (C=O) groups is 2. The maximum atomic E-state index is 13.3. The van der Waals surface area contributed by atoms with Crippen LogP contribution in [0.2, 0.25) is 0 Å². The fourth-order valence-corrected chi connectivity index (χ4v) is 3.61. The van der Waals surface area contributed by atoms with Crippen molar-refractivity contribution < 1.29 is 9.59 Å². The minimum atomic E-state index is -0.213. The zero-order valence-electron chi connectivity index (χ0n) is 17.2. The smallest absolute Gasteiger partial charge is 0.213 e. The van der Waals surface area contributed by atoms with Gasteiger partial charge in [0.15, 0.2) is 0 Å². The van der Waals surface area contributed by atoms with Crippen molar-refractivity contribution in [2.45, 2.75) is 20.8 Å². The highest BCUT2D eigenvalue weighted by molar-refractivity contribution is 6.18. The fraction of sp³-hybridized carbons (Fsp3) is 0.115. The van der Waals surface area contributed by atoms with E-state index in [1.54, 1.807) is 12.1 Å². The standard InChI is InChI=1S/C26H22N2O2/c1-16-7-4-10-19(13-16)22-23(25(29)20-11-5-8-17(2)14-20)27-28-24(22)26(30)21-12-6-9-18(3)15-21/h4-15H,1-3H3,(H,27,28). The third kappa shape index (κ3) is 3.72. The van der Waals surface area contributed by atoms with Crippen LogP contribution in [-0.2, 0) is 0 Å². The molecule has 4 heteroatoms. The number of nitrogens with zero attached hydrogens (tertiary/aromatic N) is 1. The highest BCUT2D eigenvalue weighted by Crippen LogP contribution is 2.30. The van der Waals surface area contributed by atoms with E-state index in [0.29, 0.717) is 22.4 Å². The molecule has 0 saturated carbocycles. The van der Waals surface area contributed by atoms with Crippen LogP contribution in [0.4, 0.5) is 0 Å². The van der Waals surface area contributed by atoms with Gasteiger partial charge in [-0.05, 0) is 38.5 Å². The highest BCUT2D eigenvalue weighted by Gasteiger charge is 2.26. The number of rotatable bonds is 5. The van der Waals surface area contributed by atoms with Crippen LogP contribution in [-0.4, -0.2) is 21.8 Å². The van der Waals surface area contributed by atoms with Crippen molar-refractivity contribution >= 4 is 11.6 Å². The van der Waals surface area contributed by atoms with E-state index in [0.717, 1.165) is 22.3 Å². The molecular weight excluding hydrogens is 372 g/mol. The Morgan fingerprint density at radius 2 is 1.23 bits per heavy atom. The second kappa shape index (κ2) is 7.91. The first-order valence-corrected chi connectivity index (χ1v) is 9.82.